The third-order valence-electron chi connectivity index (χ3n) is 2.56. The summed E-state index contributed by atoms with van der Waals surface area (Å²) in [6.07, 6.45) is 0. The van der Waals surface area contributed by atoms with Crippen LogP contribution in [0.25, 0.3) is 0 Å². The zero-order valence-electron chi connectivity index (χ0n) is 10.8. The van der Waals surface area contributed by atoms with Crippen molar-refractivity contribution < 1.29 is 9.72 Å². The maximum Gasteiger partial charge on any atom is 0.292 e. The summed E-state index contributed by atoms with van der Waals surface area (Å²) >= 11 is 5.78. The highest BCUT2D eigenvalue weighted by Crippen LogP contribution is 2.27. The van der Waals surface area contributed by atoms with Crippen molar-refractivity contribution in [3.05, 3.63) is 33.3 Å². The van der Waals surface area contributed by atoms with Gasteiger partial charge in [0, 0.05) is 23.6 Å². The Kier molecular flexibility index (Phi) is 5.72. The number of hydrogen-bond donors (Lipinski definition) is 2. The van der Waals surface area contributed by atoms with E-state index in [4.69, 9.17) is 11.6 Å². The summed E-state index contributed by atoms with van der Waals surface area (Å²) in [5.41, 5.74) is -0.0563. The summed E-state index contributed by atoms with van der Waals surface area (Å²) in [4.78, 5) is 22.2. The number of nitrogens with zero attached hydrogens (tertiary/aromatic N) is 1. The first-order chi connectivity index (χ1) is 8.95. The fraction of sp³-hybridized carbons (Fsp3) is 0.417. The molecule has 2 N–H and O–H groups in total. The number of carbonyl (C=O) groups excluding carboxylic acids is 1. The number of amides is 1. The molecule has 104 valence electrons. The molecule has 1 amide bonds. The topological polar surface area (TPSA) is 84.3 Å². The Morgan fingerprint density at radius 1 is 1.53 bits per heavy atom. The molecule has 0 aliphatic carbocycles. The number of anilines is 1. The second kappa shape index (κ2) is 7.06. The van der Waals surface area contributed by atoms with Crippen LogP contribution in [0.1, 0.15) is 13.8 Å². The van der Waals surface area contributed by atoms with Crippen LogP contribution in [0.15, 0.2) is 18.2 Å². The third kappa shape index (κ3) is 4.50. The van der Waals surface area contributed by atoms with Crippen LogP contribution in [0.3, 0.4) is 0 Å². The summed E-state index contributed by atoms with van der Waals surface area (Å²) in [7, 11) is 0. The van der Waals surface area contributed by atoms with E-state index in [1.807, 2.05) is 6.92 Å². The molecule has 0 aromatic heterocycles. The molecule has 1 aromatic rings. The van der Waals surface area contributed by atoms with E-state index in [2.05, 4.69) is 10.6 Å². The molecule has 0 saturated heterocycles. The van der Waals surface area contributed by atoms with Crippen molar-refractivity contribution in [2.24, 2.45) is 5.92 Å². The van der Waals surface area contributed by atoms with Gasteiger partial charge in [-0.1, -0.05) is 25.4 Å². The minimum atomic E-state index is -0.555. The van der Waals surface area contributed by atoms with E-state index in [0.29, 0.717) is 11.6 Å². The summed E-state index contributed by atoms with van der Waals surface area (Å²) in [5.74, 6) is -0.579. The smallest absolute Gasteiger partial charge is 0.292 e. The molecular formula is C12H16ClN3O3. The van der Waals surface area contributed by atoms with E-state index in [1.165, 1.54) is 18.2 Å². The van der Waals surface area contributed by atoms with E-state index in [0.717, 1.165) is 6.54 Å². The van der Waals surface area contributed by atoms with Gasteiger partial charge in [-0.05, 0) is 18.7 Å². The lowest BCUT2D eigenvalue weighted by molar-refractivity contribution is -0.383. The SMILES string of the molecule is CCNCC(C)C(=O)Nc1cc(Cl)ccc1[N+](=O)[O-]. The molecule has 1 atom stereocenters. The number of nitro groups is 1. The quantitative estimate of drug-likeness (QED) is 0.621. The third-order valence-corrected chi connectivity index (χ3v) is 2.80. The molecule has 7 heteroatoms. The van der Waals surface area contributed by atoms with Crippen molar-refractivity contribution in [2.45, 2.75) is 13.8 Å². The minimum absolute atomic E-state index is 0.117. The van der Waals surface area contributed by atoms with Crippen LogP contribution in [0, 0.1) is 16.0 Å². The molecule has 6 nitrogen and oxygen atoms in total. The van der Waals surface area contributed by atoms with Crippen molar-refractivity contribution >= 4 is 28.9 Å². The average Bonchev–Trinajstić information content (AvgIpc) is 2.35. The predicted molar refractivity (Wildman–Crippen MR) is 74.4 cm³/mol. The van der Waals surface area contributed by atoms with E-state index < -0.39 is 4.92 Å². The summed E-state index contributed by atoms with van der Waals surface area (Å²) < 4.78 is 0. The average molecular weight is 286 g/mol. The Morgan fingerprint density at radius 2 is 2.21 bits per heavy atom. The van der Waals surface area contributed by atoms with Crippen molar-refractivity contribution in [3.63, 3.8) is 0 Å². The highest BCUT2D eigenvalue weighted by atomic mass is 35.5. The second-order valence-electron chi connectivity index (χ2n) is 4.12. The van der Waals surface area contributed by atoms with Crippen molar-refractivity contribution in [1.82, 2.24) is 5.32 Å². The number of carbonyl (C=O) groups is 1. The molecule has 0 radical (unpaired) electrons. The Bertz CT molecular complexity index is 479. The molecule has 1 aromatic carbocycles. The Hall–Kier alpha value is -1.66. The van der Waals surface area contributed by atoms with Crippen molar-refractivity contribution in [3.8, 4) is 0 Å². The lowest BCUT2D eigenvalue weighted by Crippen LogP contribution is -2.30. The molecule has 0 bridgehead atoms. The Labute approximate surface area is 116 Å². The summed E-state index contributed by atoms with van der Waals surface area (Å²) in [6.45, 7) is 4.95. The minimum Gasteiger partial charge on any atom is -0.320 e. The summed E-state index contributed by atoms with van der Waals surface area (Å²) in [5, 5.41) is 16.8. The van der Waals surface area contributed by atoms with Crippen LogP contribution < -0.4 is 10.6 Å². The zero-order chi connectivity index (χ0) is 14.4. The number of nitrogens with one attached hydrogen (secondary N) is 2. The monoisotopic (exact) mass is 285 g/mol. The Morgan fingerprint density at radius 3 is 2.79 bits per heavy atom. The van der Waals surface area contributed by atoms with Gasteiger partial charge in [0.15, 0.2) is 0 Å². The van der Waals surface area contributed by atoms with E-state index in [1.54, 1.807) is 6.92 Å². The van der Waals surface area contributed by atoms with Gasteiger partial charge >= 0.3 is 0 Å². The summed E-state index contributed by atoms with van der Waals surface area (Å²) in [6, 6.07) is 4.06. The maximum absolute atomic E-state index is 11.9. The first-order valence-corrected chi connectivity index (χ1v) is 6.29. The standard InChI is InChI=1S/C12H16ClN3O3/c1-3-14-7-8(2)12(17)15-10-6-9(13)4-5-11(10)16(18)19/h4-6,8,14H,3,7H2,1-2H3,(H,15,17). The van der Waals surface area contributed by atoms with E-state index >= 15 is 0 Å². The van der Waals surface area contributed by atoms with Gasteiger partial charge < -0.3 is 10.6 Å². The van der Waals surface area contributed by atoms with Gasteiger partial charge in [0.25, 0.3) is 5.69 Å². The van der Waals surface area contributed by atoms with E-state index in [9.17, 15) is 14.9 Å². The molecule has 0 aliphatic rings. The molecular weight excluding hydrogens is 270 g/mol. The molecule has 0 fully saturated rings. The molecule has 19 heavy (non-hydrogen) atoms. The molecule has 0 heterocycles. The van der Waals surface area contributed by atoms with Crippen LogP contribution >= 0.6 is 11.6 Å². The van der Waals surface area contributed by atoms with Gasteiger partial charge in [0.2, 0.25) is 5.91 Å². The molecule has 0 spiro atoms. The zero-order valence-corrected chi connectivity index (χ0v) is 11.5. The lowest BCUT2D eigenvalue weighted by atomic mass is 10.1. The molecule has 0 saturated carbocycles. The fourth-order valence-corrected chi connectivity index (χ4v) is 1.65. The predicted octanol–water partition coefficient (Wildman–Crippen LogP) is 2.43. The number of nitro benzene ring substituents is 1. The number of halogens is 1. The van der Waals surface area contributed by atoms with Gasteiger partial charge in [-0.15, -0.1) is 0 Å². The highest BCUT2D eigenvalue weighted by Gasteiger charge is 2.19. The highest BCUT2D eigenvalue weighted by molar-refractivity contribution is 6.31. The normalized spacial score (nSPS) is 11.9. The van der Waals surface area contributed by atoms with Gasteiger partial charge in [-0.2, -0.15) is 0 Å². The fourth-order valence-electron chi connectivity index (χ4n) is 1.48. The van der Waals surface area contributed by atoms with Gasteiger partial charge in [-0.3, -0.25) is 14.9 Å². The number of benzene rings is 1. The molecule has 1 rings (SSSR count). The lowest BCUT2D eigenvalue weighted by Gasteiger charge is -2.12. The number of hydrogen-bond acceptors (Lipinski definition) is 4. The van der Waals surface area contributed by atoms with E-state index in [-0.39, 0.29) is 23.2 Å². The van der Waals surface area contributed by atoms with Crippen LogP contribution in [0.5, 0.6) is 0 Å². The van der Waals surface area contributed by atoms with Crippen LogP contribution in [0.4, 0.5) is 11.4 Å². The van der Waals surface area contributed by atoms with Gasteiger partial charge in [-0.25, -0.2) is 0 Å². The van der Waals surface area contributed by atoms with Gasteiger partial charge in [0.1, 0.15) is 5.69 Å². The Balaban J connectivity index is 2.83. The second-order valence-corrected chi connectivity index (χ2v) is 4.55. The van der Waals surface area contributed by atoms with Crippen LogP contribution in [-0.2, 0) is 4.79 Å². The number of rotatable bonds is 6. The van der Waals surface area contributed by atoms with Crippen LogP contribution in [0.2, 0.25) is 5.02 Å². The van der Waals surface area contributed by atoms with Crippen molar-refractivity contribution in [2.75, 3.05) is 18.4 Å². The first-order valence-electron chi connectivity index (χ1n) is 5.91. The largest absolute Gasteiger partial charge is 0.320 e. The van der Waals surface area contributed by atoms with Gasteiger partial charge in [0.05, 0.1) is 4.92 Å². The molecule has 1 unspecified atom stereocenters. The van der Waals surface area contributed by atoms with Crippen LogP contribution in [-0.4, -0.2) is 23.9 Å². The molecule has 0 aliphatic heterocycles. The van der Waals surface area contributed by atoms with Crippen molar-refractivity contribution in [1.29, 1.82) is 0 Å². The first kappa shape index (κ1) is 15.4. The maximum atomic E-state index is 11.9.